The molecule has 1 aromatic carbocycles. The molecule has 4 heteroatoms. The highest BCUT2D eigenvalue weighted by molar-refractivity contribution is 7.98. The number of furan rings is 1. The van der Waals surface area contributed by atoms with Gasteiger partial charge >= 0.3 is 0 Å². The Balaban J connectivity index is 2.05. The van der Waals surface area contributed by atoms with Crippen molar-refractivity contribution >= 4 is 17.4 Å². The monoisotopic (exact) mass is 223 g/mol. The molecule has 2 rings (SSSR count). The Hall–Kier alpha value is -1.42. The second-order valence-corrected chi connectivity index (χ2v) is 4.14. The quantitative estimate of drug-likeness (QED) is 0.641. The summed E-state index contributed by atoms with van der Waals surface area (Å²) in [5, 5.41) is 0. The largest absolute Gasteiger partial charge is 0.468 e. The highest BCUT2D eigenvalue weighted by Crippen LogP contribution is 2.25. The lowest BCUT2D eigenvalue weighted by atomic mass is 10.3. The van der Waals surface area contributed by atoms with Crippen LogP contribution < -0.4 is 5.73 Å². The highest BCUT2D eigenvalue weighted by Gasteiger charge is 2.01. The van der Waals surface area contributed by atoms with E-state index in [1.165, 1.54) is 23.9 Å². The maximum Gasteiger partial charge on any atom is 0.126 e. The van der Waals surface area contributed by atoms with E-state index in [-0.39, 0.29) is 5.82 Å². The first-order valence-electron chi connectivity index (χ1n) is 4.45. The minimum atomic E-state index is -0.308. The molecule has 0 bridgehead atoms. The molecule has 0 saturated carbocycles. The predicted octanol–water partition coefficient (Wildman–Crippen LogP) is 3.29. The van der Waals surface area contributed by atoms with E-state index in [1.54, 1.807) is 12.3 Å². The molecule has 2 N–H and O–H groups in total. The van der Waals surface area contributed by atoms with Crippen LogP contribution in [0.2, 0.25) is 0 Å². The maximum absolute atomic E-state index is 13.0. The normalized spacial score (nSPS) is 10.5. The highest BCUT2D eigenvalue weighted by atomic mass is 32.2. The van der Waals surface area contributed by atoms with Crippen LogP contribution in [0.15, 0.2) is 45.9 Å². The topological polar surface area (TPSA) is 39.2 Å². The molecular weight excluding hydrogens is 213 g/mol. The van der Waals surface area contributed by atoms with Gasteiger partial charge in [0, 0.05) is 10.6 Å². The third-order valence-corrected chi connectivity index (χ3v) is 2.85. The van der Waals surface area contributed by atoms with E-state index in [2.05, 4.69) is 0 Å². The number of rotatable bonds is 3. The van der Waals surface area contributed by atoms with Gasteiger partial charge in [-0.1, -0.05) is 0 Å². The van der Waals surface area contributed by atoms with Gasteiger partial charge in [0.15, 0.2) is 0 Å². The predicted molar refractivity (Wildman–Crippen MR) is 59.1 cm³/mol. The summed E-state index contributed by atoms with van der Waals surface area (Å²) >= 11 is 1.49. The van der Waals surface area contributed by atoms with Crippen LogP contribution in [0.4, 0.5) is 10.1 Å². The molecule has 2 aromatic rings. The smallest absolute Gasteiger partial charge is 0.126 e. The molecule has 2 nitrogen and oxygen atoms in total. The summed E-state index contributed by atoms with van der Waals surface area (Å²) in [6, 6.07) is 8.23. The van der Waals surface area contributed by atoms with Crippen molar-refractivity contribution in [2.75, 3.05) is 5.73 Å². The molecule has 0 fully saturated rings. The van der Waals surface area contributed by atoms with Gasteiger partial charge in [-0.05, 0) is 30.3 Å². The van der Waals surface area contributed by atoms with Crippen molar-refractivity contribution in [2.24, 2.45) is 0 Å². The van der Waals surface area contributed by atoms with Crippen molar-refractivity contribution in [2.45, 2.75) is 10.6 Å². The van der Waals surface area contributed by atoms with Gasteiger partial charge in [-0.15, -0.1) is 11.8 Å². The van der Waals surface area contributed by atoms with Gasteiger partial charge < -0.3 is 10.2 Å². The van der Waals surface area contributed by atoms with Crippen molar-refractivity contribution in [1.29, 1.82) is 0 Å². The minimum Gasteiger partial charge on any atom is -0.468 e. The van der Waals surface area contributed by atoms with Gasteiger partial charge in [-0.25, -0.2) is 4.39 Å². The minimum absolute atomic E-state index is 0.308. The Morgan fingerprint density at radius 2 is 2.20 bits per heavy atom. The van der Waals surface area contributed by atoms with Crippen LogP contribution in [0.5, 0.6) is 0 Å². The number of nitrogen functional groups attached to an aromatic ring is 1. The molecule has 0 spiro atoms. The van der Waals surface area contributed by atoms with Crippen LogP contribution in [-0.4, -0.2) is 0 Å². The molecule has 0 amide bonds. The Morgan fingerprint density at radius 3 is 2.87 bits per heavy atom. The van der Waals surface area contributed by atoms with Crippen molar-refractivity contribution in [1.82, 2.24) is 0 Å². The maximum atomic E-state index is 13.0. The third kappa shape index (κ3) is 2.76. The Morgan fingerprint density at radius 1 is 1.33 bits per heavy atom. The van der Waals surface area contributed by atoms with Gasteiger partial charge in [-0.3, -0.25) is 0 Å². The van der Waals surface area contributed by atoms with E-state index in [4.69, 9.17) is 10.2 Å². The van der Waals surface area contributed by atoms with Crippen LogP contribution >= 0.6 is 11.8 Å². The first-order chi connectivity index (χ1) is 7.24. The van der Waals surface area contributed by atoms with E-state index in [1.807, 2.05) is 12.1 Å². The molecule has 0 atom stereocenters. The Bertz CT molecular complexity index is 422. The average molecular weight is 223 g/mol. The van der Waals surface area contributed by atoms with Crippen molar-refractivity contribution < 1.29 is 8.81 Å². The standard InChI is InChI=1S/C11H10FNOS/c12-8-4-9(13)6-11(5-8)15-7-10-2-1-3-14-10/h1-6H,7,13H2. The third-order valence-electron chi connectivity index (χ3n) is 1.85. The second-order valence-electron chi connectivity index (χ2n) is 3.09. The lowest BCUT2D eigenvalue weighted by molar-refractivity contribution is 0.530. The lowest BCUT2D eigenvalue weighted by Crippen LogP contribution is -1.87. The molecule has 78 valence electrons. The second kappa shape index (κ2) is 4.40. The molecule has 15 heavy (non-hydrogen) atoms. The fraction of sp³-hybridized carbons (Fsp3) is 0.0909. The van der Waals surface area contributed by atoms with Gasteiger partial charge in [-0.2, -0.15) is 0 Å². The van der Waals surface area contributed by atoms with E-state index < -0.39 is 0 Å². The number of hydrogen-bond donors (Lipinski definition) is 1. The van der Waals surface area contributed by atoms with Gasteiger partial charge in [0.1, 0.15) is 11.6 Å². The molecule has 0 aliphatic carbocycles. The van der Waals surface area contributed by atoms with Crippen molar-refractivity contribution in [3.63, 3.8) is 0 Å². The van der Waals surface area contributed by atoms with E-state index in [0.29, 0.717) is 11.4 Å². The van der Waals surface area contributed by atoms with Crippen LogP contribution in [0.25, 0.3) is 0 Å². The van der Waals surface area contributed by atoms with Crippen molar-refractivity contribution in [3.8, 4) is 0 Å². The van der Waals surface area contributed by atoms with Crippen LogP contribution in [0.1, 0.15) is 5.76 Å². The first-order valence-corrected chi connectivity index (χ1v) is 5.44. The fourth-order valence-corrected chi connectivity index (χ4v) is 2.11. The zero-order chi connectivity index (χ0) is 10.7. The molecule has 0 unspecified atom stereocenters. The van der Waals surface area contributed by atoms with Gasteiger partial charge in [0.05, 0.1) is 12.0 Å². The summed E-state index contributed by atoms with van der Waals surface area (Å²) in [5.74, 6) is 1.23. The molecule has 0 aliphatic heterocycles. The summed E-state index contributed by atoms with van der Waals surface area (Å²) in [4.78, 5) is 0.809. The van der Waals surface area contributed by atoms with E-state index >= 15 is 0 Å². The number of thioether (sulfide) groups is 1. The average Bonchev–Trinajstić information content (AvgIpc) is 2.65. The first kappa shape index (κ1) is 10.1. The molecule has 0 saturated heterocycles. The van der Waals surface area contributed by atoms with Gasteiger partial charge in [0.25, 0.3) is 0 Å². The SMILES string of the molecule is Nc1cc(F)cc(SCc2ccco2)c1. The summed E-state index contributed by atoms with van der Waals surface area (Å²) in [6.45, 7) is 0. The number of nitrogens with two attached hydrogens (primary N) is 1. The van der Waals surface area contributed by atoms with Crippen LogP contribution in [0.3, 0.4) is 0 Å². The molecule has 1 heterocycles. The Kier molecular flexibility index (Phi) is 2.97. The number of halogens is 1. The lowest BCUT2D eigenvalue weighted by Gasteiger charge is -2.01. The van der Waals surface area contributed by atoms with Crippen LogP contribution in [-0.2, 0) is 5.75 Å². The molecule has 0 radical (unpaired) electrons. The van der Waals surface area contributed by atoms with Crippen molar-refractivity contribution in [3.05, 3.63) is 48.2 Å². The number of hydrogen-bond acceptors (Lipinski definition) is 3. The molecule has 0 aliphatic rings. The number of benzene rings is 1. The summed E-state index contributed by atoms with van der Waals surface area (Å²) < 4.78 is 18.1. The fourth-order valence-electron chi connectivity index (χ4n) is 1.22. The zero-order valence-electron chi connectivity index (χ0n) is 7.94. The summed E-state index contributed by atoms with van der Waals surface area (Å²) in [7, 11) is 0. The van der Waals surface area contributed by atoms with Gasteiger partial charge in [0.2, 0.25) is 0 Å². The number of anilines is 1. The summed E-state index contributed by atoms with van der Waals surface area (Å²) in [6.07, 6.45) is 1.62. The summed E-state index contributed by atoms with van der Waals surface area (Å²) in [5.41, 5.74) is 5.97. The molecule has 1 aromatic heterocycles. The van der Waals surface area contributed by atoms with Crippen LogP contribution in [0, 0.1) is 5.82 Å². The Labute approximate surface area is 91.3 Å². The van der Waals surface area contributed by atoms with E-state index in [0.717, 1.165) is 10.7 Å². The molecular formula is C11H10FNOS. The van der Waals surface area contributed by atoms with E-state index in [9.17, 15) is 4.39 Å². The zero-order valence-corrected chi connectivity index (χ0v) is 8.76.